The third-order valence-electron chi connectivity index (χ3n) is 2.06. The first-order chi connectivity index (χ1) is 7.40. The molecule has 0 bridgehead atoms. The fourth-order valence-electron chi connectivity index (χ4n) is 1.36. The first-order valence-electron chi connectivity index (χ1n) is 4.75. The van der Waals surface area contributed by atoms with Crippen molar-refractivity contribution in [1.82, 2.24) is 4.98 Å². The Bertz CT molecular complexity index is 502. The molecule has 15 heavy (non-hydrogen) atoms. The Labute approximate surface area is 87.9 Å². The van der Waals surface area contributed by atoms with Gasteiger partial charge in [-0.1, -0.05) is 6.07 Å². The largest absolute Gasteiger partial charge is 0.493 e. The highest BCUT2D eigenvalue weighted by Crippen LogP contribution is 2.18. The lowest BCUT2D eigenvalue weighted by atomic mass is 10.2. The quantitative estimate of drug-likeness (QED) is 0.712. The van der Waals surface area contributed by atoms with Crippen LogP contribution in [-0.4, -0.2) is 11.6 Å². The summed E-state index contributed by atoms with van der Waals surface area (Å²) in [5.41, 5.74) is 0.949. The van der Waals surface area contributed by atoms with Crippen molar-refractivity contribution >= 4 is 10.9 Å². The maximum absolute atomic E-state index is 8.38. The van der Waals surface area contributed by atoms with Gasteiger partial charge in [-0.25, -0.2) is 0 Å². The van der Waals surface area contributed by atoms with E-state index >= 15 is 0 Å². The van der Waals surface area contributed by atoms with Gasteiger partial charge in [0.05, 0.1) is 18.0 Å². The Kier molecular flexibility index (Phi) is 2.80. The molecule has 0 aliphatic heterocycles. The van der Waals surface area contributed by atoms with E-state index in [1.807, 2.05) is 36.4 Å². The molecule has 0 N–H and O–H groups in total. The molecule has 0 aliphatic carbocycles. The zero-order valence-electron chi connectivity index (χ0n) is 8.18. The SMILES string of the molecule is N#CCCOc1ccc2ncccc2c1. The van der Waals surface area contributed by atoms with E-state index in [0.717, 1.165) is 16.7 Å². The van der Waals surface area contributed by atoms with Crippen LogP contribution in [0.5, 0.6) is 5.75 Å². The van der Waals surface area contributed by atoms with Gasteiger partial charge in [0.15, 0.2) is 0 Å². The van der Waals surface area contributed by atoms with Gasteiger partial charge in [-0.2, -0.15) is 5.26 Å². The summed E-state index contributed by atoms with van der Waals surface area (Å²) in [6, 6.07) is 11.6. The number of nitriles is 1. The number of ether oxygens (including phenoxy) is 1. The summed E-state index contributed by atoms with van der Waals surface area (Å²) in [6.07, 6.45) is 2.17. The van der Waals surface area contributed by atoms with Crippen LogP contribution in [0.25, 0.3) is 10.9 Å². The zero-order chi connectivity index (χ0) is 10.5. The molecule has 0 saturated carbocycles. The number of nitrogens with zero attached hydrogens (tertiary/aromatic N) is 2. The molecule has 3 nitrogen and oxygen atoms in total. The fraction of sp³-hybridized carbons (Fsp3) is 0.167. The normalized spacial score (nSPS) is 9.80. The van der Waals surface area contributed by atoms with Gasteiger partial charge in [-0.15, -0.1) is 0 Å². The second kappa shape index (κ2) is 4.43. The third kappa shape index (κ3) is 2.23. The van der Waals surface area contributed by atoms with E-state index in [1.165, 1.54) is 0 Å². The van der Waals surface area contributed by atoms with Crippen LogP contribution in [-0.2, 0) is 0 Å². The number of hydrogen-bond acceptors (Lipinski definition) is 3. The summed E-state index contributed by atoms with van der Waals surface area (Å²) in [5, 5.41) is 9.42. The molecule has 2 rings (SSSR count). The third-order valence-corrected chi connectivity index (χ3v) is 2.06. The molecule has 74 valence electrons. The molecule has 1 aromatic carbocycles. The van der Waals surface area contributed by atoms with Crippen molar-refractivity contribution in [2.24, 2.45) is 0 Å². The number of fused-ring (bicyclic) bond motifs is 1. The molecule has 1 aromatic heterocycles. The topological polar surface area (TPSA) is 45.9 Å². The highest BCUT2D eigenvalue weighted by Gasteiger charge is 1.97. The minimum absolute atomic E-state index is 0.408. The van der Waals surface area contributed by atoms with Crippen molar-refractivity contribution in [2.75, 3.05) is 6.61 Å². The Morgan fingerprint density at radius 2 is 2.27 bits per heavy atom. The standard InChI is InChI=1S/C12H10N2O/c13-6-2-8-15-11-4-5-12-10(9-11)3-1-7-14-12/h1,3-5,7,9H,2,8H2. The van der Waals surface area contributed by atoms with Gasteiger partial charge in [0.1, 0.15) is 12.4 Å². The van der Waals surface area contributed by atoms with Crippen LogP contribution in [0, 0.1) is 11.3 Å². The Balaban J connectivity index is 2.20. The van der Waals surface area contributed by atoms with Gasteiger partial charge in [-0.3, -0.25) is 4.98 Å². The molecule has 0 atom stereocenters. The van der Waals surface area contributed by atoms with Gasteiger partial charge < -0.3 is 4.74 Å². The van der Waals surface area contributed by atoms with Gasteiger partial charge in [0, 0.05) is 11.6 Å². The average Bonchev–Trinajstić information content (AvgIpc) is 2.29. The van der Waals surface area contributed by atoms with Crippen LogP contribution in [0.3, 0.4) is 0 Å². The van der Waals surface area contributed by atoms with Crippen LogP contribution in [0.4, 0.5) is 0 Å². The minimum atomic E-state index is 0.408. The molecule has 3 heteroatoms. The van der Waals surface area contributed by atoms with Crippen molar-refractivity contribution in [2.45, 2.75) is 6.42 Å². The molecule has 0 radical (unpaired) electrons. The Morgan fingerprint density at radius 1 is 1.33 bits per heavy atom. The number of aromatic nitrogens is 1. The lowest BCUT2D eigenvalue weighted by Crippen LogP contribution is -1.95. The second-order valence-electron chi connectivity index (χ2n) is 3.11. The summed E-state index contributed by atoms with van der Waals surface area (Å²) in [7, 11) is 0. The number of hydrogen-bond donors (Lipinski definition) is 0. The molecule has 0 amide bonds. The van der Waals surface area contributed by atoms with E-state index in [-0.39, 0.29) is 0 Å². The summed E-state index contributed by atoms with van der Waals surface area (Å²) >= 11 is 0. The first kappa shape index (κ1) is 9.47. The average molecular weight is 198 g/mol. The number of benzene rings is 1. The molecule has 0 spiro atoms. The van der Waals surface area contributed by atoms with Crippen molar-refractivity contribution in [3.05, 3.63) is 36.5 Å². The van der Waals surface area contributed by atoms with Crippen LogP contribution in [0.1, 0.15) is 6.42 Å². The van der Waals surface area contributed by atoms with Crippen LogP contribution in [0.2, 0.25) is 0 Å². The first-order valence-corrected chi connectivity index (χ1v) is 4.75. The van der Waals surface area contributed by atoms with Crippen molar-refractivity contribution in [1.29, 1.82) is 5.26 Å². The lowest BCUT2D eigenvalue weighted by Gasteiger charge is -2.04. The molecule has 0 fully saturated rings. The maximum atomic E-state index is 8.38. The lowest BCUT2D eigenvalue weighted by molar-refractivity contribution is 0.327. The van der Waals surface area contributed by atoms with E-state index in [2.05, 4.69) is 4.98 Å². The predicted octanol–water partition coefficient (Wildman–Crippen LogP) is 2.53. The van der Waals surface area contributed by atoms with Crippen molar-refractivity contribution < 1.29 is 4.74 Å². The van der Waals surface area contributed by atoms with Crippen LogP contribution in [0.15, 0.2) is 36.5 Å². The molecule has 1 heterocycles. The van der Waals surface area contributed by atoms with Crippen molar-refractivity contribution in [3.8, 4) is 11.8 Å². The number of pyridine rings is 1. The highest BCUT2D eigenvalue weighted by molar-refractivity contribution is 5.79. The molecule has 0 aliphatic rings. The van der Waals surface area contributed by atoms with Gasteiger partial charge >= 0.3 is 0 Å². The van der Waals surface area contributed by atoms with E-state index in [0.29, 0.717) is 13.0 Å². The predicted molar refractivity (Wildman–Crippen MR) is 57.5 cm³/mol. The van der Waals surface area contributed by atoms with E-state index in [9.17, 15) is 0 Å². The Hall–Kier alpha value is -2.08. The fourth-order valence-corrected chi connectivity index (χ4v) is 1.36. The molecular formula is C12H10N2O. The van der Waals surface area contributed by atoms with Gasteiger partial charge in [-0.05, 0) is 24.3 Å². The van der Waals surface area contributed by atoms with Crippen LogP contribution >= 0.6 is 0 Å². The molecule has 0 saturated heterocycles. The zero-order valence-corrected chi connectivity index (χ0v) is 8.18. The Morgan fingerprint density at radius 3 is 3.13 bits per heavy atom. The van der Waals surface area contributed by atoms with Gasteiger partial charge in [0.2, 0.25) is 0 Å². The second-order valence-corrected chi connectivity index (χ2v) is 3.11. The molecular weight excluding hydrogens is 188 g/mol. The van der Waals surface area contributed by atoms with Crippen LogP contribution < -0.4 is 4.74 Å². The summed E-state index contributed by atoms with van der Waals surface area (Å²) < 4.78 is 5.40. The van der Waals surface area contributed by atoms with E-state index < -0.39 is 0 Å². The molecule has 2 aromatic rings. The van der Waals surface area contributed by atoms with Gasteiger partial charge in [0.25, 0.3) is 0 Å². The summed E-state index contributed by atoms with van der Waals surface area (Å²) in [6.45, 7) is 0.433. The van der Waals surface area contributed by atoms with E-state index in [1.54, 1.807) is 6.20 Å². The smallest absolute Gasteiger partial charge is 0.120 e. The minimum Gasteiger partial charge on any atom is -0.493 e. The van der Waals surface area contributed by atoms with E-state index in [4.69, 9.17) is 10.00 Å². The summed E-state index contributed by atoms with van der Waals surface area (Å²) in [5.74, 6) is 0.783. The summed E-state index contributed by atoms with van der Waals surface area (Å²) in [4.78, 5) is 4.21. The monoisotopic (exact) mass is 198 g/mol. The molecule has 0 unspecified atom stereocenters. The maximum Gasteiger partial charge on any atom is 0.120 e. The number of rotatable bonds is 3. The van der Waals surface area contributed by atoms with Crippen molar-refractivity contribution in [3.63, 3.8) is 0 Å². The highest BCUT2D eigenvalue weighted by atomic mass is 16.5.